The molecule has 0 aliphatic carbocycles. The average Bonchev–Trinajstić information content (AvgIpc) is 2.01. The van der Waals surface area contributed by atoms with Gasteiger partial charge in [0.05, 0.1) is 6.42 Å². The van der Waals surface area contributed by atoms with E-state index >= 15 is 0 Å². The van der Waals surface area contributed by atoms with Crippen molar-refractivity contribution in [3.8, 4) is 0 Å². The van der Waals surface area contributed by atoms with Crippen LogP contribution in [-0.2, 0) is 0 Å². The third kappa shape index (κ3) is 10.8. The molecule has 0 fully saturated rings. The molecule has 0 aromatic carbocycles. The number of rotatable bonds is 6. The number of hydrogen-bond donors (Lipinski definition) is 0. The molecule has 1 nitrogen and oxygen atoms in total. The summed E-state index contributed by atoms with van der Waals surface area (Å²) in [4.78, 5) is 9.29. The van der Waals surface area contributed by atoms with Gasteiger partial charge >= 0.3 is 5.12 Å². The molecule has 1 N–H and O–H groups in total. The Balaban J connectivity index is 0. The summed E-state index contributed by atoms with van der Waals surface area (Å²) in [7, 11) is 0. The van der Waals surface area contributed by atoms with Gasteiger partial charge in [0.25, 0.3) is 0 Å². The van der Waals surface area contributed by atoms with Crippen molar-refractivity contribution >= 4 is 40.8 Å². The maximum atomic E-state index is 9.29. The van der Waals surface area contributed by atoms with Crippen LogP contribution in [0.1, 0.15) is 46.0 Å². The minimum Gasteiger partial charge on any atom is -0.272 e. The first-order valence-corrected chi connectivity index (χ1v) is 5.47. The topological polar surface area (TPSA) is 21.4 Å². The normalized spacial score (nSPS) is 9.17. The summed E-state index contributed by atoms with van der Waals surface area (Å²) >= 11 is 1.61. The van der Waals surface area contributed by atoms with Crippen LogP contribution in [0.2, 0.25) is 0 Å². The molecule has 0 aliphatic rings. The predicted molar refractivity (Wildman–Crippen MR) is 59.6 cm³/mol. The van der Waals surface area contributed by atoms with Gasteiger partial charge in [-0.3, -0.25) is 4.79 Å². The molecule has 0 saturated carbocycles. The van der Waals surface area contributed by atoms with Crippen LogP contribution in [-0.4, -0.2) is 39.6 Å². The maximum Gasteiger partial charge on any atom is 0.350 e. The molecule has 0 heterocycles. The zero-order valence-electron chi connectivity index (χ0n) is 8.10. The van der Waals surface area contributed by atoms with Crippen LogP contribution in [0.15, 0.2) is 0 Å². The fourth-order valence-electron chi connectivity index (χ4n) is 0.734. The molecule has 0 amide bonds. The fourth-order valence-corrected chi connectivity index (χ4v) is 1.69. The Hall–Kier alpha value is 0.819. The maximum absolute atomic E-state index is 9.29. The first-order chi connectivity index (χ1) is 5.31. The van der Waals surface area contributed by atoms with Gasteiger partial charge in [0, 0.05) is 29.7 Å². The minimum atomic E-state index is 0. The number of unbranched alkanes of at least 4 members (excludes halogenated alkanes) is 2. The second-order valence-electron chi connectivity index (χ2n) is 2.70. The molecule has 0 rings (SSSR count). The van der Waals surface area contributed by atoms with Crippen LogP contribution in [0, 0.1) is 0 Å². The van der Waals surface area contributed by atoms with Gasteiger partial charge in [0.15, 0.2) is 0 Å². The molecule has 12 heavy (non-hydrogen) atoms. The third-order valence-corrected chi connectivity index (χ3v) is 2.54. The van der Waals surface area contributed by atoms with Gasteiger partial charge in [-0.2, -0.15) is 0 Å². The van der Waals surface area contributed by atoms with Crippen molar-refractivity contribution in [1.29, 1.82) is 0 Å². The molecule has 0 aromatic rings. The molecule has 0 unspecified atom stereocenters. The largest absolute Gasteiger partial charge is 0.350 e. The van der Waals surface area contributed by atoms with Gasteiger partial charge < -0.3 is 0 Å². The van der Waals surface area contributed by atoms with E-state index in [4.69, 9.17) is 0 Å². The van der Waals surface area contributed by atoms with Crippen molar-refractivity contribution in [3.05, 3.63) is 0 Å². The van der Waals surface area contributed by atoms with Gasteiger partial charge in [0.1, 0.15) is 0 Å². The zero-order valence-corrected chi connectivity index (χ0v) is 11.8. The molecular formula is C9H19OSSn+. The Kier molecular flexibility index (Phi) is 15.1. The summed E-state index contributed by atoms with van der Waals surface area (Å²) in [6.45, 7) is 4.31. The van der Waals surface area contributed by atoms with E-state index in [2.05, 4.69) is 13.8 Å². The Morgan fingerprint density at radius 1 is 1.17 bits per heavy atom. The molecule has 3 heteroatoms. The van der Waals surface area contributed by atoms with Crippen LogP contribution in [0.4, 0.5) is 0 Å². The molecule has 0 atom stereocenters. The summed E-state index contributed by atoms with van der Waals surface area (Å²) in [5.74, 6) is 1.08. The van der Waals surface area contributed by atoms with Gasteiger partial charge in [-0.25, -0.2) is 0 Å². The fraction of sp³-hybridized carbons (Fsp3) is 0.889. The van der Waals surface area contributed by atoms with E-state index in [1.807, 2.05) is 0 Å². The molecular weight excluding hydrogens is 275 g/mol. The standard InChI is InChI=1S/C9H18OS.Sn/c1-3-5-7-9(10)11-8-6-4-2;/h3-8H2,1-2H3;/p+1. The van der Waals surface area contributed by atoms with E-state index in [0.717, 1.165) is 18.6 Å². The van der Waals surface area contributed by atoms with Gasteiger partial charge in [-0.15, -0.1) is 0 Å². The van der Waals surface area contributed by atoms with Crippen LogP contribution in [0.3, 0.4) is 0 Å². The van der Waals surface area contributed by atoms with Crippen LogP contribution < -0.4 is 0 Å². The number of thioether (sulfide) groups is 1. The van der Waals surface area contributed by atoms with Crippen LogP contribution in [0.5, 0.6) is 0 Å². The van der Waals surface area contributed by atoms with E-state index in [9.17, 15) is 4.79 Å². The van der Waals surface area contributed by atoms with Crippen LogP contribution >= 0.6 is 11.8 Å². The first kappa shape index (κ1) is 15.3. The Labute approximate surface area is 97.0 Å². The summed E-state index contributed by atoms with van der Waals surface area (Å²) in [6, 6.07) is 0. The van der Waals surface area contributed by atoms with Crippen molar-refractivity contribution in [1.82, 2.24) is 0 Å². The Bertz CT molecular complexity index is 107. The molecule has 0 saturated heterocycles. The van der Waals surface area contributed by atoms with E-state index < -0.39 is 0 Å². The monoisotopic (exact) mass is 295 g/mol. The zero-order chi connectivity index (χ0) is 8.53. The molecule has 0 aromatic heterocycles. The van der Waals surface area contributed by atoms with E-state index in [1.54, 1.807) is 11.8 Å². The predicted octanol–water partition coefficient (Wildman–Crippen LogP) is 2.83. The van der Waals surface area contributed by atoms with E-state index in [0.29, 0.717) is 5.12 Å². The van der Waals surface area contributed by atoms with Crippen molar-refractivity contribution in [2.45, 2.75) is 46.0 Å². The van der Waals surface area contributed by atoms with Crippen molar-refractivity contribution in [3.63, 3.8) is 0 Å². The van der Waals surface area contributed by atoms with Gasteiger partial charge in [-0.1, -0.05) is 26.7 Å². The quantitative estimate of drug-likeness (QED) is 0.419. The van der Waals surface area contributed by atoms with Crippen molar-refractivity contribution < 1.29 is 4.79 Å². The Morgan fingerprint density at radius 2 is 1.75 bits per heavy atom. The first-order valence-electron chi connectivity index (χ1n) is 4.48. The molecule has 0 bridgehead atoms. The molecule has 0 aliphatic heterocycles. The van der Waals surface area contributed by atoms with Crippen molar-refractivity contribution in [2.75, 3.05) is 5.75 Å². The van der Waals surface area contributed by atoms with Crippen LogP contribution in [0.25, 0.3) is 0 Å². The smallest absolute Gasteiger partial charge is 0.272 e. The molecule has 70 valence electrons. The number of hydrogen-bond acceptors (Lipinski definition) is 1. The van der Waals surface area contributed by atoms with E-state index in [1.165, 1.54) is 19.3 Å². The van der Waals surface area contributed by atoms with Gasteiger partial charge in [0.2, 0.25) is 0 Å². The number of carbonyl (C=O) groups excluding carboxylic acids is 1. The third-order valence-electron chi connectivity index (χ3n) is 1.51. The summed E-state index contributed by atoms with van der Waals surface area (Å²) in [5, 5.41) is 0.625. The second kappa shape index (κ2) is 11.8. The summed E-state index contributed by atoms with van der Waals surface area (Å²) in [6.07, 6.45) is 5.59. The molecule has 4 radical (unpaired) electrons. The second-order valence-corrected chi connectivity index (χ2v) is 3.87. The Morgan fingerprint density at radius 3 is 2.25 bits per heavy atom. The summed E-state index contributed by atoms with van der Waals surface area (Å²) < 4.78 is 0. The average molecular weight is 294 g/mol. The van der Waals surface area contributed by atoms with Crippen molar-refractivity contribution in [2.24, 2.45) is 0 Å². The SMILES string of the molecule is CCCCSC(=[OH+])CCCC.[Sn]. The molecule has 0 spiro atoms. The minimum absolute atomic E-state index is 0. The summed E-state index contributed by atoms with van der Waals surface area (Å²) in [5.41, 5.74) is 0. The van der Waals surface area contributed by atoms with E-state index in [-0.39, 0.29) is 23.9 Å². The van der Waals surface area contributed by atoms with Gasteiger partial charge in [-0.05, 0) is 24.6 Å².